The Morgan fingerprint density at radius 1 is 1.26 bits per heavy atom. The Kier molecular flexibility index (Phi) is 4.51. The highest BCUT2D eigenvalue weighted by molar-refractivity contribution is 14.1. The molecule has 1 amide bonds. The Morgan fingerprint density at radius 3 is 2.84 bits per heavy atom. The van der Waals surface area contributed by atoms with Crippen molar-refractivity contribution < 1.29 is 9.18 Å². The maximum absolute atomic E-state index is 15.0. The molecule has 0 radical (unpaired) electrons. The van der Waals surface area contributed by atoms with Crippen LogP contribution in [0.2, 0.25) is 0 Å². The number of anilines is 1. The largest absolute Gasteiger partial charge is 0.310 e. The second-order valence-electron chi connectivity index (χ2n) is 8.54. The second-order valence-corrected chi connectivity index (χ2v) is 9.56. The molecule has 4 heterocycles. The van der Waals surface area contributed by atoms with Crippen LogP contribution in [0.15, 0.2) is 42.1 Å². The lowest BCUT2D eigenvalue weighted by Gasteiger charge is -2.24. The van der Waals surface area contributed by atoms with Gasteiger partial charge in [-0.15, -0.1) is 0 Å². The molecule has 9 heteroatoms. The van der Waals surface area contributed by atoms with Crippen molar-refractivity contribution in [2.75, 3.05) is 5.32 Å². The third kappa shape index (κ3) is 3.17. The minimum Gasteiger partial charge on any atom is -0.310 e. The van der Waals surface area contributed by atoms with Crippen LogP contribution in [0.5, 0.6) is 0 Å². The molecular weight excluding hydrogens is 510 g/mol. The van der Waals surface area contributed by atoms with Gasteiger partial charge >= 0.3 is 0 Å². The van der Waals surface area contributed by atoms with Crippen molar-refractivity contribution in [2.24, 2.45) is 0 Å². The molecule has 0 spiro atoms. The second kappa shape index (κ2) is 6.91. The molecule has 5 rings (SSSR count). The van der Waals surface area contributed by atoms with Crippen molar-refractivity contribution in [3.05, 3.63) is 57.2 Å². The summed E-state index contributed by atoms with van der Waals surface area (Å²) in [5.74, 6) is 1.41. The van der Waals surface area contributed by atoms with Crippen LogP contribution in [0.1, 0.15) is 38.6 Å². The fourth-order valence-corrected chi connectivity index (χ4v) is 5.18. The Labute approximate surface area is 192 Å². The molecule has 0 aromatic carbocycles. The zero-order valence-corrected chi connectivity index (χ0v) is 19.4. The minimum atomic E-state index is -1.43. The van der Waals surface area contributed by atoms with Gasteiger partial charge in [0, 0.05) is 24.6 Å². The first-order valence-electron chi connectivity index (χ1n) is 9.96. The van der Waals surface area contributed by atoms with E-state index in [2.05, 4.69) is 43.0 Å². The third-order valence-electron chi connectivity index (χ3n) is 5.93. The van der Waals surface area contributed by atoms with Crippen LogP contribution in [-0.4, -0.2) is 36.1 Å². The number of aromatic nitrogens is 5. The van der Waals surface area contributed by atoms with Gasteiger partial charge in [-0.25, -0.2) is 23.9 Å². The summed E-state index contributed by atoms with van der Waals surface area (Å²) in [5.41, 5.74) is 0.596. The summed E-state index contributed by atoms with van der Waals surface area (Å²) >= 11 is 2.13. The minimum absolute atomic E-state index is 0.108. The lowest BCUT2D eigenvalue weighted by Crippen LogP contribution is -2.27. The van der Waals surface area contributed by atoms with Crippen molar-refractivity contribution >= 4 is 39.8 Å². The highest BCUT2D eigenvalue weighted by atomic mass is 127. The van der Waals surface area contributed by atoms with Gasteiger partial charge in [0.05, 0.1) is 10.9 Å². The van der Waals surface area contributed by atoms with Gasteiger partial charge in [0.25, 0.3) is 0 Å². The summed E-state index contributed by atoms with van der Waals surface area (Å²) in [6, 6.07) is 3.70. The highest BCUT2D eigenvalue weighted by Gasteiger charge is 2.42. The number of alkyl halides is 1. The Bertz CT molecular complexity index is 1310. The maximum Gasteiger partial charge on any atom is 0.235 e. The van der Waals surface area contributed by atoms with Crippen molar-refractivity contribution in [3.8, 4) is 11.5 Å². The molecule has 1 unspecified atom stereocenters. The zero-order chi connectivity index (χ0) is 22.0. The number of carbonyl (C=O) groups excluding carboxylic acids is 1. The summed E-state index contributed by atoms with van der Waals surface area (Å²) < 4.78 is 17.4. The summed E-state index contributed by atoms with van der Waals surface area (Å²) in [6.07, 6.45) is 7.83. The van der Waals surface area contributed by atoms with E-state index in [9.17, 15) is 4.79 Å². The molecule has 1 aliphatic carbocycles. The lowest BCUT2D eigenvalue weighted by molar-refractivity contribution is -0.119. The zero-order valence-electron chi connectivity index (χ0n) is 17.3. The number of hydrogen-bond acceptors (Lipinski definition) is 5. The normalized spacial score (nSPS) is 21.8. The Hall–Kier alpha value is -2.69. The van der Waals surface area contributed by atoms with E-state index in [4.69, 9.17) is 4.98 Å². The van der Waals surface area contributed by atoms with Gasteiger partial charge in [0.2, 0.25) is 5.91 Å². The number of halogens is 2. The fourth-order valence-electron chi connectivity index (χ4n) is 4.02. The number of nitrogens with one attached hydrogen (secondary N) is 1. The van der Waals surface area contributed by atoms with E-state index in [1.807, 2.05) is 38.1 Å². The first kappa shape index (κ1) is 20.2. The number of hydrogen-bond donors (Lipinski definition) is 1. The molecule has 0 saturated carbocycles. The monoisotopic (exact) mass is 530 g/mol. The lowest BCUT2D eigenvalue weighted by atomic mass is 9.88. The molecule has 3 aromatic heterocycles. The predicted molar refractivity (Wildman–Crippen MR) is 123 cm³/mol. The number of allylic oxidation sites excluding steroid dienone is 4. The van der Waals surface area contributed by atoms with Crippen LogP contribution in [-0.2, 0) is 16.6 Å². The number of rotatable bonds is 3. The Balaban J connectivity index is 1.64. The smallest absolute Gasteiger partial charge is 0.235 e. The molecule has 2 aliphatic rings. The molecule has 1 atom stereocenters. The van der Waals surface area contributed by atoms with Crippen molar-refractivity contribution in [2.45, 2.75) is 44.7 Å². The number of carbonyl (C=O) groups is 1. The molecule has 1 aliphatic heterocycles. The van der Waals surface area contributed by atoms with Crippen LogP contribution < -0.4 is 5.32 Å². The van der Waals surface area contributed by atoms with Crippen molar-refractivity contribution in [1.82, 2.24) is 24.6 Å². The molecule has 0 saturated heterocycles. The maximum atomic E-state index is 15.0. The molecule has 0 fully saturated rings. The first-order valence-corrected chi connectivity index (χ1v) is 11.0. The summed E-state index contributed by atoms with van der Waals surface area (Å²) in [6.45, 7) is 5.30. The van der Waals surface area contributed by atoms with E-state index in [-0.39, 0.29) is 5.91 Å². The highest BCUT2D eigenvalue weighted by Crippen LogP contribution is 2.40. The summed E-state index contributed by atoms with van der Waals surface area (Å²) in [4.78, 5) is 26.4. The predicted octanol–water partition coefficient (Wildman–Crippen LogP) is 4.18. The van der Waals surface area contributed by atoms with Gasteiger partial charge in [-0.3, -0.25) is 4.79 Å². The fraction of sp³-hybridized carbons (Fsp3) is 0.318. The van der Waals surface area contributed by atoms with Crippen LogP contribution in [0.3, 0.4) is 0 Å². The molecule has 7 nitrogen and oxygen atoms in total. The number of imidazole rings is 1. The van der Waals surface area contributed by atoms with Crippen LogP contribution >= 0.6 is 22.6 Å². The molecule has 1 N–H and O–H groups in total. The van der Waals surface area contributed by atoms with Gasteiger partial charge in [0.1, 0.15) is 26.7 Å². The Morgan fingerprint density at radius 2 is 2.06 bits per heavy atom. The van der Waals surface area contributed by atoms with E-state index in [0.717, 1.165) is 11.1 Å². The standard InChI is InChI=1S/C22H20FIN6O/c1-21(2)15-17(24)27-19(28-18(15)29-20(21)31)16-13-8-6-10-25-30(13)14(26-16)11-12-7-4-5-9-22(12,3)23/h4-8,10H,9,11H2,1-3H3,(H,27,28,29,31). The number of amides is 1. The van der Waals surface area contributed by atoms with E-state index in [1.165, 1.54) is 0 Å². The van der Waals surface area contributed by atoms with Crippen LogP contribution in [0.25, 0.3) is 17.0 Å². The third-order valence-corrected chi connectivity index (χ3v) is 6.71. The molecular formula is C22H20FIN6O. The summed E-state index contributed by atoms with van der Waals surface area (Å²) in [5, 5.41) is 7.29. The van der Waals surface area contributed by atoms with E-state index < -0.39 is 11.1 Å². The molecule has 158 valence electrons. The molecule has 0 bridgehead atoms. The van der Waals surface area contributed by atoms with Crippen molar-refractivity contribution in [3.63, 3.8) is 0 Å². The number of fused-ring (bicyclic) bond motifs is 2. The first-order chi connectivity index (χ1) is 14.7. The average molecular weight is 530 g/mol. The van der Waals surface area contributed by atoms with Gasteiger partial charge in [-0.1, -0.05) is 18.2 Å². The quantitative estimate of drug-likeness (QED) is 0.406. The van der Waals surface area contributed by atoms with E-state index >= 15 is 4.39 Å². The SMILES string of the molecule is CC1(F)CC=CC=C1Cc1nc(-c2nc(I)c3c(n2)NC(=O)C3(C)C)c2cccnn12. The van der Waals surface area contributed by atoms with E-state index in [1.54, 1.807) is 23.7 Å². The topological polar surface area (TPSA) is 85.1 Å². The van der Waals surface area contributed by atoms with E-state index in [0.29, 0.717) is 45.3 Å². The number of nitrogens with zero attached hydrogens (tertiary/aromatic N) is 5. The van der Waals surface area contributed by atoms with Crippen LogP contribution in [0, 0.1) is 3.70 Å². The molecule has 31 heavy (non-hydrogen) atoms. The van der Waals surface area contributed by atoms with Gasteiger partial charge in [0.15, 0.2) is 5.82 Å². The van der Waals surface area contributed by atoms with Crippen molar-refractivity contribution in [1.29, 1.82) is 0 Å². The van der Waals surface area contributed by atoms with Gasteiger partial charge in [-0.2, -0.15) is 5.10 Å². The van der Waals surface area contributed by atoms with Gasteiger partial charge < -0.3 is 5.32 Å². The average Bonchev–Trinajstić information content (AvgIpc) is 3.18. The van der Waals surface area contributed by atoms with Crippen LogP contribution in [0.4, 0.5) is 10.2 Å². The molecule has 3 aromatic rings. The summed E-state index contributed by atoms with van der Waals surface area (Å²) in [7, 11) is 0. The van der Waals surface area contributed by atoms with Gasteiger partial charge in [-0.05, 0) is 61.1 Å².